The van der Waals surface area contributed by atoms with Crippen LogP contribution >= 0.6 is 34.3 Å². The van der Waals surface area contributed by atoms with E-state index in [4.69, 9.17) is 16.3 Å². The molecular weight excluding hydrogens is 388 g/mol. The van der Waals surface area contributed by atoms with Crippen LogP contribution in [0.25, 0.3) is 0 Å². The Balaban J connectivity index is 1.69. The summed E-state index contributed by atoms with van der Waals surface area (Å²) in [5, 5.41) is 7.56. The molecule has 0 unspecified atom stereocenters. The number of carbonyl (C=O) groups excluding carboxylic acids is 1. The lowest BCUT2D eigenvalue weighted by Gasteiger charge is -2.21. The summed E-state index contributed by atoms with van der Waals surface area (Å²) in [5.74, 6) is 0.490. The van der Waals surface area contributed by atoms with Gasteiger partial charge in [-0.25, -0.2) is 0 Å². The Labute approximate surface area is 166 Å². The zero-order valence-corrected chi connectivity index (χ0v) is 16.7. The summed E-state index contributed by atoms with van der Waals surface area (Å²) in [4.78, 5) is 17.2. The molecule has 0 radical (unpaired) electrons. The first-order valence-electron chi connectivity index (χ1n) is 8.04. The largest absolute Gasteiger partial charge is 0.495 e. The Kier molecular flexibility index (Phi) is 6.68. The number of halogens is 1. The molecule has 136 valence electrons. The van der Waals surface area contributed by atoms with Crippen LogP contribution in [-0.2, 0) is 17.9 Å². The van der Waals surface area contributed by atoms with Gasteiger partial charge in [-0.2, -0.15) is 0 Å². The summed E-state index contributed by atoms with van der Waals surface area (Å²) in [6, 6.07) is 13.4. The summed E-state index contributed by atoms with van der Waals surface area (Å²) in [7, 11) is 1.57. The van der Waals surface area contributed by atoms with E-state index in [1.807, 2.05) is 12.1 Å². The van der Waals surface area contributed by atoms with Crippen LogP contribution < -0.4 is 10.1 Å². The number of anilines is 1. The smallest absolute Gasteiger partial charge is 0.238 e. The van der Waals surface area contributed by atoms with Crippen molar-refractivity contribution in [2.45, 2.75) is 13.1 Å². The van der Waals surface area contributed by atoms with Crippen molar-refractivity contribution in [3.63, 3.8) is 0 Å². The maximum atomic E-state index is 12.6. The lowest BCUT2D eigenvalue weighted by atomic mass is 10.3. The Morgan fingerprint density at radius 3 is 2.31 bits per heavy atom. The van der Waals surface area contributed by atoms with Gasteiger partial charge in [0.15, 0.2) is 0 Å². The molecule has 0 fully saturated rings. The summed E-state index contributed by atoms with van der Waals surface area (Å²) in [6.07, 6.45) is 0. The quantitative estimate of drug-likeness (QED) is 0.565. The lowest BCUT2D eigenvalue weighted by Crippen LogP contribution is -2.32. The number of methoxy groups -OCH3 is 1. The lowest BCUT2D eigenvalue weighted by molar-refractivity contribution is -0.117. The number of hydrogen-bond acceptors (Lipinski definition) is 5. The first-order chi connectivity index (χ1) is 12.6. The van der Waals surface area contributed by atoms with E-state index in [0.29, 0.717) is 16.5 Å². The zero-order valence-electron chi connectivity index (χ0n) is 14.3. The molecule has 0 bridgehead atoms. The molecule has 3 rings (SSSR count). The summed E-state index contributed by atoms with van der Waals surface area (Å²) in [6.45, 7) is 1.75. The minimum atomic E-state index is -0.0984. The van der Waals surface area contributed by atoms with Crippen LogP contribution in [0.4, 0.5) is 5.69 Å². The van der Waals surface area contributed by atoms with E-state index < -0.39 is 0 Å². The summed E-state index contributed by atoms with van der Waals surface area (Å²) < 4.78 is 5.29. The second-order valence-electron chi connectivity index (χ2n) is 5.70. The number of amides is 1. The minimum absolute atomic E-state index is 0.0984. The first-order valence-corrected chi connectivity index (χ1v) is 10.2. The van der Waals surface area contributed by atoms with Gasteiger partial charge in [0.05, 0.1) is 19.3 Å². The van der Waals surface area contributed by atoms with Gasteiger partial charge in [0.1, 0.15) is 5.75 Å². The monoisotopic (exact) mass is 406 g/mol. The number of nitrogens with zero attached hydrogens (tertiary/aromatic N) is 1. The molecule has 1 amide bonds. The number of rotatable bonds is 8. The third-order valence-corrected chi connectivity index (χ3v) is 5.68. The van der Waals surface area contributed by atoms with Crippen molar-refractivity contribution >= 4 is 45.9 Å². The molecule has 0 spiro atoms. The van der Waals surface area contributed by atoms with Gasteiger partial charge in [-0.3, -0.25) is 9.69 Å². The molecule has 4 nitrogen and oxygen atoms in total. The van der Waals surface area contributed by atoms with Gasteiger partial charge in [-0.05, 0) is 41.1 Å². The van der Waals surface area contributed by atoms with Crippen molar-refractivity contribution in [3.05, 3.63) is 68.0 Å². The molecule has 1 aromatic carbocycles. The van der Waals surface area contributed by atoms with Crippen molar-refractivity contribution in [1.82, 2.24) is 4.90 Å². The van der Waals surface area contributed by atoms with Gasteiger partial charge < -0.3 is 10.1 Å². The van der Waals surface area contributed by atoms with Crippen LogP contribution in [0.1, 0.15) is 9.75 Å². The Morgan fingerprint density at radius 1 is 1.12 bits per heavy atom. The van der Waals surface area contributed by atoms with E-state index in [1.165, 1.54) is 9.75 Å². The van der Waals surface area contributed by atoms with E-state index in [1.54, 1.807) is 48.0 Å². The van der Waals surface area contributed by atoms with E-state index in [2.05, 4.69) is 33.1 Å². The third-order valence-electron chi connectivity index (χ3n) is 3.72. The maximum Gasteiger partial charge on any atom is 0.238 e. The van der Waals surface area contributed by atoms with Crippen LogP contribution in [0.5, 0.6) is 5.75 Å². The predicted octanol–water partition coefficient (Wildman–Crippen LogP) is 5.11. The SMILES string of the molecule is COc1ccc(Cl)cc1NC(=O)CN(Cc1cccs1)Cc1cccs1. The molecule has 0 saturated carbocycles. The van der Waals surface area contributed by atoms with E-state index in [9.17, 15) is 4.79 Å². The van der Waals surface area contributed by atoms with Gasteiger partial charge in [0, 0.05) is 27.9 Å². The van der Waals surface area contributed by atoms with E-state index in [0.717, 1.165) is 13.1 Å². The number of nitrogens with one attached hydrogen (secondary N) is 1. The number of carbonyl (C=O) groups is 1. The molecule has 26 heavy (non-hydrogen) atoms. The van der Waals surface area contributed by atoms with Crippen LogP contribution in [0, 0.1) is 0 Å². The van der Waals surface area contributed by atoms with Crippen LogP contribution in [0.15, 0.2) is 53.2 Å². The molecule has 0 aliphatic carbocycles. The molecule has 0 atom stereocenters. The zero-order chi connectivity index (χ0) is 18.4. The van der Waals surface area contributed by atoms with Crippen molar-refractivity contribution < 1.29 is 9.53 Å². The summed E-state index contributed by atoms with van der Waals surface area (Å²) >= 11 is 9.43. The highest BCUT2D eigenvalue weighted by molar-refractivity contribution is 7.10. The van der Waals surface area contributed by atoms with Crippen molar-refractivity contribution in [1.29, 1.82) is 0 Å². The van der Waals surface area contributed by atoms with Gasteiger partial charge in [-0.1, -0.05) is 23.7 Å². The number of thiophene rings is 2. The molecule has 2 heterocycles. The Morgan fingerprint density at radius 2 is 1.77 bits per heavy atom. The fourth-order valence-corrected chi connectivity index (χ4v) is 4.25. The number of hydrogen-bond donors (Lipinski definition) is 1. The average Bonchev–Trinajstić information content (AvgIpc) is 3.29. The molecule has 7 heteroatoms. The van der Waals surface area contributed by atoms with Crippen LogP contribution in [0.2, 0.25) is 5.02 Å². The minimum Gasteiger partial charge on any atom is -0.495 e. The highest BCUT2D eigenvalue weighted by atomic mass is 35.5. The van der Waals surface area contributed by atoms with Gasteiger partial charge in [0.2, 0.25) is 5.91 Å². The number of ether oxygens (including phenoxy) is 1. The molecule has 3 aromatic rings. The predicted molar refractivity (Wildman–Crippen MR) is 109 cm³/mol. The van der Waals surface area contributed by atoms with E-state index >= 15 is 0 Å². The summed E-state index contributed by atoms with van der Waals surface area (Å²) in [5.41, 5.74) is 0.581. The number of benzene rings is 1. The van der Waals surface area contributed by atoms with Crippen LogP contribution in [0.3, 0.4) is 0 Å². The Hall–Kier alpha value is -1.86. The fraction of sp³-hybridized carbons (Fsp3) is 0.211. The Bertz CT molecular complexity index is 799. The van der Waals surface area contributed by atoms with Gasteiger partial charge in [-0.15, -0.1) is 22.7 Å². The third kappa shape index (κ3) is 5.32. The maximum absolute atomic E-state index is 12.6. The first kappa shape index (κ1) is 18.9. The molecule has 0 saturated heterocycles. The van der Waals surface area contributed by atoms with Gasteiger partial charge >= 0.3 is 0 Å². The molecule has 0 aliphatic heterocycles. The second kappa shape index (κ2) is 9.19. The topological polar surface area (TPSA) is 41.6 Å². The normalized spacial score (nSPS) is 10.9. The van der Waals surface area contributed by atoms with Crippen molar-refractivity contribution in [2.24, 2.45) is 0 Å². The molecule has 0 aliphatic rings. The van der Waals surface area contributed by atoms with Gasteiger partial charge in [0.25, 0.3) is 0 Å². The average molecular weight is 407 g/mol. The fourth-order valence-electron chi connectivity index (χ4n) is 2.58. The second-order valence-corrected chi connectivity index (χ2v) is 8.20. The van der Waals surface area contributed by atoms with Crippen LogP contribution in [-0.4, -0.2) is 24.5 Å². The highest BCUT2D eigenvalue weighted by Crippen LogP contribution is 2.27. The van der Waals surface area contributed by atoms with E-state index in [-0.39, 0.29) is 12.5 Å². The highest BCUT2D eigenvalue weighted by Gasteiger charge is 2.15. The molecule has 2 aromatic heterocycles. The molecular formula is C19H19ClN2O2S2. The standard InChI is InChI=1S/C19H19ClN2O2S2/c1-24-18-7-6-14(20)10-17(18)21-19(23)13-22(11-15-4-2-8-25-15)12-16-5-3-9-26-16/h2-10H,11-13H2,1H3,(H,21,23). The van der Waals surface area contributed by atoms with Crippen molar-refractivity contribution in [3.8, 4) is 5.75 Å². The molecule has 1 N–H and O–H groups in total. The van der Waals surface area contributed by atoms with Crippen molar-refractivity contribution in [2.75, 3.05) is 19.0 Å².